The van der Waals surface area contributed by atoms with Gasteiger partial charge in [0.05, 0.1) is 0 Å². The normalized spacial score (nSPS) is 14.6. The molecule has 1 N–H and O–H groups in total. The Morgan fingerprint density at radius 1 is 1.00 bits per heavy atom. The van der Waals surface area contributed by atoms with Crippen molar-refractivity contribution < 1.29 is 0 Å². The van der Waals surface area contributed by atoms with Crippen molar-refractivity contribution in [2.24, 2.45) is 0 Å². The van der Waals surface area contributed by atoms with E-state index < -0.39 is 0 Å². The van der Waals surface area contributed by atoms with Crippen molar-refractivity contribution in [3.05, 3.63) is 65.2 Å². The maximum Gasteiger partial charge on any atom is 0.0405 e. The molecule has 1 fully saturated rings. The molecule has 0 saturated carbocycles. The Balaban J connectivity index is 0.00000161. The second kappa shape index (κ2) is 7.62. The minimum absolute atomic E-state index is 0. The summed E-state index contributed by atoms with van der Waals surface area (Å²) in [7, 11) is 0. The molecule has 3 heteroatoms. The van der Waals surface area contributed by atoms with Gasteiger partial charge >= 0.3 is 0 Å². The third-order valence-electron chi connectivity index (χ3n) is 3.94. The van der Waals surface area contributed by atoms with Crippen LogP contribution in [0.15, 0.2) is 48.5 Å². The summed E-state index contributed by atoms with van der Waals surface area (Å²) in [6.45, 7) is 6.55. The third-order valence-corrected chi connectivity index (χ3v) is 3.94. The molecule has 0 aromatic heterocycles. The van der Waals surface area contributed by atoms with Crippen LogP contribution in [0, 0.1) is 6.92 Å². The SMILES string of the molecule is Br.Cc1ccc(Cc2ccccc2)c(N2CCNCC2)c1. The van der Waals surface area contributed by atoms with Crippen molar-refractivity contribution in [3.63, 3.8) is 0 Å². The highest BCUT2D eigenvalue weighted by Crippen LogP contribution is 2.25. The minimum Gasteiger partial charge on any atom is -0.369 e. The number of benzene rings is 2. The lowest BCUT2D eigenvalue weighted by Gasteiger charge is -2.31. The van der Waals surface area contributed by atoms with E-state index in [1.165, 1.54) is 22.4 Å². The van der Waals surface area contributed by atoms with E-state index in [1.54, 1.807) is 0 Å². The van der Waals surface area contributed by atoms with E-state index in [0.29, 0.717) is 0 Å². The van der Waals surface area contributed by atoms with Crippen LogP contribution in [0.1, 0.15) is 16.7 Å². The van der Waals surface area contributed by atoms with Gasteiger partial charge in [-0.1, -0.05) is 42.5 Å². The molecule has 2 nitrogen and oxygen atoms in total. The van der Waals surface area contributed by atoms with Gasteiger partial charge in [-0.15, -0.1) is 17.0 Å². The van der Waals surface area contributed by atoms with Crippen LogP contribution in [-0.4, -0.2) is 26.2 Å². The molecule has 0 atom stereocenters. The molecule has 0 bridgehead atoms. The number of halogens is 1. The van der Waals surface area contributed by atoms with Crippen LogP contribution in [0.5, 0.6) is 0 Å². The number of hydrogen-bond donors (Lipinski definition) is 1. The Labute approximate surface area is 137 Å². The van der Waals surface area contributed by atoms with Crippen LogP contribution in [0.4, 0.5) is 5.69 Å². The summed E-state index contributed by atoms with van der Waals surface area (Å²) in [5, 5.41) is 3.43. The molecule has 0 amide bonds. The fourth-order valence-electron chi connectivity index (χ4n) is 2.84. The van der Waals surface area contributed by atoms with Crippen LogP contribution >= 0.6 is 17.0 Å². The number of aryl methyl sites for hydroxylation is 1. The number of rotatable bonds is 3. The van der Waals surface area contributed by atoms with Gasteiger partial charge in [-0.05, 0) is 36.1 Å². The molecular formula is C18H23BrN2. The maximum atomic E-state index is 3.43. The second-order valence-electron chi connectivity index (χ2n) is 5.53. The van der Waals surface area contributed by atoms with Crippen molar-refractivity contribution >= 4 is 22.7 Å². The van der Waals surface area contributed by atoms with Crippen molar-refractivity contribution in [1.82, 2.24) is 5.32 Å². The van der Waals surface area contributed by atoms with Gasteiger partial charge in [0.2, 0.25) is 0 Å². The molecule has 1 aliphatic rings. The summed E-state index contributed by atoms with van der Waals surface area (Å²) in [5.74, 6) is 0. The van der Waals surface area contributed by atoms with Crippen LogP contribution in [0.25, 0.3) is 0 Å². The fraction of sp³-hybridized carbons (Fsp3) is 0.333. The van der Waals surface area contributed by atoms with Crippen molar-refractivity contribution in [2.75, 3.05) is 31.1 Å². The van der Waals surface area contributed by atoms with E-state index in [1.807, 2.05) is 0 Å². The minimum atomic E-state index is 0. The van der Waals surface area contributed by atoms with Crippen molar-refractivity contribution in [2.45, 2.75) is 13.3 Å². The van der Waals surface area contributed by atoms with Gasteiger partial charge in [0.1, 0.15) is 0 Å². The molecular weight excluding hydrogens is 324 g/mol. The molecule has 2 aromatic rings. The molecule has 0 radical (unpaired) electrons. The molecule has 1 aliphatic heterocycles. The average molecular weight is 347 g/mol. The molecule has 21 heavy (non-hydrogen) atoms. The van der Waals surface area contributed by atoms with E-state index in [-0.39, 0.29) is 17.0 Å². The van der Waals surface area contributed by atoms with Gasteiger partial charge in [0, 0.05) is 31.9 Å². The first-order valence-electron chi connectivity index (χ1n) is 7.42. The summed E-state index contributed by atoms with van der Waals surface area (Å²) >= 11 is 0. The fourth-order valence-corrected chi connectivity index (χ4v) is 2.84. The maximum absolute atomic E-state index is 3.43. The van der Waals surface area contributed by atoms with E-state index in [2.05, 4.69) is 65.7 Å². The largest absolute Gasteiger partial charge is 0.369 e. The van der Waals surface area contributed by atoms with Gasteiger partial charge < -0.3 is 10.2 Å². The summed E-state index contributed by atoms with van der Waals surface area (Å²) in [4.78, 5) is 2.52. The molecule has 0 unspecified atom stereocenters. The highest BCUT2D eigenvalue weighted by molar-refractivity contribution is 8.93. The first-order chi connectivity index (χ1) is 9.83. The smallest absolute Gasteiger partial charge is 0.0405 e. The second-order valence-corrected chi connectivity index (χ2v) is 5.53. The first-order valence-corrected chi connectivity index (χ1v) is 7.42. The Morgan fingerprint density at radius 2 is 1.71 bits per heavy atom. The highest BCUT2D eigenvalue weighted by Gasteiger charge is 2.14. The molecule has 1 heterocycles. The molecule has 2 aromatic carbocycles. The highest BCUT2D eigenvalue weighted by atomic mass is 79.9. The number of anilines is 1. The Kier molecular flexibility index (Phi) is 5.83. The third kappa shape index (κ3) is 4.08. The Hall–Kier alpha value is -1.32. The van der Waals surface area contributed by atoms with Crippen LogP contribution < -0.4 is 10.2 Å². The predicted octanol–water partition coefficient (Wildman–Crippen LogP) is 3.57. The molecule has 0 spiro atoms. The number of nitrogens with zero attached hydrogens (tertiary/aromatic N) is 1. The van der Waals surface area contributed by atoms with E-state index in [0.717, 1.165) is 32.6 Å². The lowest BCUT2D eigenvalue weighted by atomic mass is 10.0. The number of nitrogens with one attached hydrogen (secondary N) is 1. The lowest BCUT2D eigenvalue weighted by Crippen LogP contribution is -2.43. The van der Waals surface area contributed by atoms with Gasteiger partial charge in [-0.2, -0.15) is 0 Å². The molecule has 3 rings (SSSR count). The standard InChI is InChI=1S/C18H22N2.BrH/c1-15-7-8-17(14-16-5-3-2-4-6-16)18(13-15)20-11-9-19-10-12-20;/h2-8,13,19H,9-12,14H2,1H3;1H. The Morgan fingerprint density at radius 3 is 2.43 bits per heavy atom. The van der Waals surface area contributed by atoms with Crippen LogP contribution in [0.2, 0.25) is 0 Å². The van der Waals surface area contributed by atoms with E-state index in [4.69, 9.17) is 0 Å². The monoisotopic (exact) mass is 346 g/mol. The van der Waals surface area contributed by atoms with Crippen LogP contribution in [-0.2, 0) is 6.42 Å². The number of hydrogen-bond acceptors (Lipinski definition) is 2. The van der Waals surface area contributed by atoms with Crippen molar-refractivity contribution in [3.8, 4) is 0 Å². The van der Waals surface area contributed by atoms with Crippen molar-refractivity contribution in [1.29, 1.82) is 0 Å². The molecule has 1 saturated heterocycles. The molecule has 0 aliphatic carbocycles. The van der Waals surface area contributed by atoms with Gasteiger partial charge in [0.25, 0.3) is 0 Å². The zero-order chi connectivity index (χ0) is 13.8. The lowest BCUT2D eigenvalue weighted by molar-refractivity contribution is 0.588. The van der Waals surface area contributed by atoms with Gasteiger partial charge in [-0.3, -0.25) is 0 Å². The summed E-state index contributed by atoms with van der Waals surface area (Å²) in [5.41, 5.74) is 5.57. The zero-order valence-corrected chi connectivity index (χ0v) is 14.2. The predicted molar refractivity (Wildman–Crippen MR) is 95.8 cm³/mol. The summed E-state index contributed by atoms with van der Waals surface area (Å²) in [6.07, 6.45) is 1.01. The summed E-state index contributed by atoms with van der Waals surface area (Å²) < 4.78 is 0. The Bertz CT molecular complexity index is 563. The van der Waals surface area contributed by atoms with Gasteiger partial charge in [0.15, 0.2) is 0 Å². The van der Waals surface area contributed by atoms with Gasteiger partial charge in [-0.25, -0.2) is 0 Å². The quantitative estimate of drug-likeness (QED) is 0.913. The van der Waals surface area contributed by atoms with E-state index in [9.17, 15) is 0 Å². The molecule has 112 valence electrons. The van der Waals surface area contributed by atoms with Crippen LogP contribution in [0.3, 0.4) is 0 Å². The topological polar surface area (TPSA) is 15.3 Å². The first kappa shape index (κ1) is 16.1. The zero-order valence-electron chi connectivity index (χ0n) is 12.5. The summed E-state index contributed by atoms with van der Waals surface area (Å²) in [6, 6.07) is 17.6. The number of piperazine rings is 1. The average Bonchev–Trinajstić information content (AvgIpc) is 2.51. The van der Waals surface area contributed by atoms with E-state index >= 15 is 0 Å².